The van der Waals surface area contributed by atoms with Crippen LogP contribution in [-0.4, -0.2) is 7.28 Å². The third-order valence-corrected chi connectivity index (χ3v) is 7.34. The summed E-state index contributed by atoms with van der Waals surface area (Å²) < 4.78 is 0. The lowest BCUT2D eigenvalue weighted by molar-refractivity contribution is 0.529. The van der Waals surface area contributed by atoms with Gasteiger partial charge in [0.05, 0.1) is 0 Å². The van der Waals surface area contributed by atoms with E-state index in [0.29, 0.717) is 0 Å². The lowest BCUT2D eigenvalue weighted by atomic mass is 9.50. The molecule has 0 amide bonds. The zero-order valence-corrected chi connectivity index (χ0v) is 18.7. The molecule has 0 heterocycles. The minimum Gasteiger partial charge on any atom is -0.0686 e. The summed E-state index contributed by atoms with van der Waals surface area (Å²) in [5, 5.41) is 0. The Labute approximate surface area is 173 Å². The maximum absolute atomic E-state index is 2.89. The molecule has 0 aromatic heterocycles. The van der Waals surface area contributed by atoms with Gasteiger partial charge in [-0.3, -0.25) is 0 Å². The molecule has 0 nitrogen and oxygen atoms in total. The van der Waals surface area contributed by atoms with Crippen molar-refractivity contribution >= 4 is 7.28 Å². The van der Waals surface area contributed by atoms with Crippen molar-refractivity contribution in [3.05, 3.63) is 0 Å². The second-order valence-electron chi connectivity index (χ2n) is 9.94. The first-order chi connectivity index (χ1) is 13.4. The molecule has 27 heavy (non-hydrogen) atoms. The molecule has 0 aromatic rings. The van der Waals surface area contributed by atoms with Crippen LogP contribution in [0.4, 0.5) is 0 Å². The van der Waals surface area contributed by atoms with Crippen LogP contribution >= 0.6 is 0 Å². The van der Waals surface area contributed by atoms with Gasteiger partial charge >= 0.3 is 0 Å². The largest absolute Gasteiger partial charge is 0.117 e. The molecule has 2 aliphatic rings. The fraction of sp³-hybridized carbons (Fsp3) is 1.00. The van der Waals surface area contributed by atoms with Gasteiger partial charge in [0.15, 0.2) is 0 Å². The molecule has 1 heteroatoms. The van der Waals surface area contributed by atoms with E-state index in [1.165, 1.54) is 154 Å². The van der Waals surface area contributed by atoms with Gasteiger partial charge in [0, 0.05) is 0 Å². The number of rotatable bonds is 2. The third-order valence-electron chi connectivity index (χ3n) is 7.34. The summed E-state index contributed by atoms with van der Waals surface area (Å²) in [6, 6.07) is 0. The molecule has 0 aliphatic heterocycles. The van der Waals surface area contributed by atoms with Gasteiger partial charge in [0.2, 0.25) is 0 Å². The van der Waals surface area contributed by atoms with Crippen LogP contribution in [0.3, 0.4) is 0 Å². The average Bonchev–Trinajstić information content (AvgIpc) is 2.72. The Bertz CT molecular complexity index is 255. The molecule has 157 valence electrons. The molecule has 2 fully saturated rings. The van der Waals surface area contributed by atoms with Crippen molar-refractivity contribution in [1.82, 2.24) is 0 Å². The summed E-state index contributed by atoms with van der Waals surface area (Å²) in [7, 11) is 2.89. The van der Waals surface area contributed by atoms with E-state index in [0.717, 1.165) is 11.6 Å². The van der Waals surface area contributed by atoms with E-state index >= 15 is 0 Å². The molecular weight excluding hydrogens is 323 g/mol. The van der Waals surface area contributed by atoms with Crippen LogP contribution in [0.2, 0.25) is 11.6 Å². The first kappa shape index (κ1) is 23.3. The Kier molecular flexibility index (Phi) is 14.7. The molecule has 0 unspecified atom stereocenters. The predicted octanol–water partition coefficient (Wildman–Crippen LogP) is 9.66. The van der Waals surface area contributed by atoms with Crippen LogP contribution in [0.1, 0.15) is 154 Å². The molecular formula is C26H50B. The Morgan fingerprint density at radius 1 is 0.259 bits per heavy atom. The summed E-state index contributed by atoms with van der Waals surface area (Å²) in [5.74, 6) is 1.87. The number of hydrogen-bond donors (Lipinski definition) is 0. The van der Waals surface area contributed by atoms with Gasteiger partial charge in [0.25, 0.3) is 0 Å². The minimum atomic E-state index is 0.937. The van der Waals surface area contributed by atoms with Gasteiger partial charge in [-0.2, -0.15) is 0 Å². The van der Waals surface area contributed by atoms with E-state index in [-0.39, 0.29) is 0 Å². The van der Waals surface area contributed by atoms with Gasteiger partial charge in [-0.05, 0) is 0 Å². The van der Waals surface area contributed by atoms with Crippen molar-refractivity contribution in [2.75, 3.05) is 0 Å². The molecule has 0 spiro atoms. The van der Waals surface area contributed by atoms with Crippen LogP contribution in [0, 0.1) is 0 Å². The maximum Gasteiger partial charge on any atom is 0.117 e. The highest BCUT2D eigenvalue weighted by molar-refractivity contribution is 6.39. The van der Waals surface area contributed by atoms with Crippen molar-refractivity contribution in [2.24, 2.45) is 0 Å². The first-order valence-corrected chi connectivity index (χ1v) is 13.3. The van der Waals surface area contributed by atoms with Crippen LogP contribution < -0.4 is 0 Å². The fourth-order valence-corrected chi connectivity index (χ4v) is 5.51. The second-order valence-corrected chi connectivity index (χ2v) is 9.94. The van der Waals surface area contributed by atoms with Crippen molar-refractivity contribution < 1.29 is 0 Å². The molecule has 0 saturated heterocycles. The topological polar surface area (TPSA) is 0 Å². The molecule has 2 rings (SSSR count). The SMILES string of the molecule is [B](C1CCCCCCCCCCCC1)C1CCCCCCCCCCCC1. The van der Waals surface area contributed by atoms with Gasteiger partial charge in [0.1, 0.15) is 7.28 Å². The highest BCUT2D eigenvalue weighted by Gasteiger charge is 2.18. The average molecular weight is 373 g/mol. The van der Waals surface area contributed by atoms with Crippen molar-refractivity contribution in [3.63, 3.8) is 0 Å². The van der Waals surface area contributed by atoms with E-state index in [1.807, 2.05) is 0 Å². The zero-order valence-electron chi connectivity index (χ0n) is 18.7. The Balaban J connectivity index is 1.77. The van der Waals surface area contributed by atoms with Gasteiger partial charge < -0.3 is 0 Å². The molecule has 0 N–H and O–H groups in total. The predicted molar refractivity (Wildman–Crippen MR) is 124 cm³/mol. The lowest BCUT2D eigenvalue weighted by Crippen LogP contribution is -2.12. The quantitative estimate of drug-likeness (QED) is 0.423. The second kappa shape index (κ2) is 17.0. The highest BCUT2D eigenvalue weighted by atomic mass is 14.1. The Hall–Kier alpha value is 0.0649. The highest BCUT2D eigenvalue weighted by Crippen LogP contribution is 2.32. The minimum absolute atomic E-state index is 0.937. The van der Waals surface area contributed by atoms with Gasteiger partial charge in [-0.1, -0.05) is 166 Å². The summed E-state index contributed by atoms with van der Waals surface area (Å²) >= 11 is 0. The summed E-state index contributed by atoms with van der Waals surface area (Å²) in [4.78, 5) is 0. The Morgan fingerprint density at radius 3 is 0.667 bits per heavy atom. The fourth-order valence-electron chi connectivity index (χ4n) is 5.51. The first-order valence-electron chi connectivity index (χ1n) is 13.3. The summed E-state index contributed by atoms with van der Waals surface area (Å²) in [6.07, 6.45) is 35.9. The van der Waals surface area contributed by atoms with Crippen molar-refractivity contribution in [3.8, 4) is 0 Å². The van der Waals surface area contributed by atoms with Crippen LogP contribution in [-0.2, 0) is 0 Å². The molecule has 0 bridgehead atoms. The zero-order chi connectivity index (χ0) is 18.8. The molecule has 0 atom stereocenters. The molecule has 1 radical (unpaired) electrons. The van der Waals surface area contributed by atoms with Crippen LogP contribution in [0.5, 0.6) is 0 Å². The van der Waals surface area contributed by atoms with Crippen molar-refractivity contribution in [1.29, 1.82) is 0 Å². The maximum atomic E-state index is 2.89. The van der Waals surface area contributed by atoms with E-state index in [9.17, 15) is 0 Å². The van der Waals surface area contributed by atoms with E-state index in [4.69, 9.17) is 0 Å². The smallest absolute Gasteiger partial charge is 0.0686 e. The van der Waals surface area contributed by atoms with Crippen LogP contribution in [0.15, 0.2) is 0 Å². The molecule has 0 aromatic carbocycles. The lowest BCUT2D eigenvalue weighted by Gasteiger charge is -2.23. The van der Waals surface area contributed by atoms with E-state index < -0.39 is 0 Å². The summed E-state index contributed by atoms with van der Waals surface area (Å²) in [5.41, 5.74) is 0. The van der Waals surface area contributed by atoms with Crippen LogP contribution in [0.25, 0.3) is 0 Å². The van der Waals surface area contributed by atoms with Gasteiger partial charge in [-0.25, -0.2) is 0 Å². The normalized spacial score (nSPS) is 25.6. The van der Waals surface area contributed by atoms with E-state index in [2.05, 4.69) is 7.28 Å². The van der Waals surface area contributed by atoms with Gasteiger partial charge in [-0.15, -0.1) is 0 Å². The summed E-state index contributed by atoms with van der Waals surface area (Å²) in [6.45, 7) is 0. The third kappa shape index (κ3) is 13.0. The Morgan fingerprint density at radius 2 is 0.444 bits per heavy atom. The molecule has 2 aliphatic carbocycles. The number of hydrogen-bond acceptors (Lipinski definition) is 0. The standard InChI is InChI=1S/C26H50B/c1-2-6-10-14-18-22-25(21-17-13-9-5-1)27-26-23-19-15-11-7-3-4-8-12-16-20-24-26/h25-26H,1-24H2. The van der Waals surface area contributed by atoms with Crippen molar-refractivity contribution in [2.45, 2.75) is 166 Å². The monoisotopic (exact) mass is 373 g/mol. The molecule has 2 saturated carbocycles. The van der Waals surface area contributed by atoms with E-state index in [1.54, 1.807) is 0 Å².